The molecule has 6 atom stereocenters. The first-order chi connectivity index (χ1) is 11.8. The fourth-order valence-electron chi connectivity index (χ4n) is 3.92. The van der Waals surface area contributed by atoms with Gasteiger partial charge in [-0.1, -0.05) is 11.6 Å². The maximum Gasteiger partial charge on any atom is 0.321 e. The van der Waals surface area contributed by atoms with E-state index in [4.69, 9.17) is 20.3 Å². The molecule has 2 saturated heterocycles. The molecule has 0 aromatic heterocycles. The summed E-state index contributed by atoms with van der Waals surface area (Å²) in [5.74, 6) is -0.433. The van der Waals surface area contributed by atoms with Crippen LogP contribution in [0.25, 0.3) is 0 Å². The molecule has 2 fully saturated rings. The second-order valence-electron chi connectivity index (χ2n) is 7.63. The molecule has 1 aliphatic carbocycles. The van der Waals surface area contributed by atoms with Crippen LogP contribution in [0.2, 0.25) is 0 Å². The van der Waals surface area contributed by atoms with Gasteiger partial charge in [-0.25, -0.2) is 0 Å². The second kappa shape index (κ2) is 7.29. The second-order valence-corrected chi connectivity index (χ2v) is 8.71. The lowest BCUT2D eigenvalue weighted by atomic mass is 9.81. The van der Waals surface area contributed by atoms with Crippen LogP contribution in [-0.4, -0.2) is 52.4 Å². The first-order valence-corrected chi connectivity index (χ1v) is 10.1. The molecule has 3 rings (SSSR count). The van der Waals surface area contributed by atoms with Crippen LogP contribution in [0.1, 0.15) is 39.5 Å². The van der Waals surface area contributed by atoms with E-state index in [1.54, 1.807) is 0 Å². The van der Waals surface area contributed by atoms with E-state index >= 15 is 0 Å². The van der Waals surface area contributed by atoms with Crippen molar-refractivity contribution in [3.8, 4) is 0 Å². The van der Waals surface area contributed by atoms with E-state index in [0.29, 0.717) is 11.5 Å². The zero-order chi connectivity index (χ0) is 18.2. The summed E-state index contributed by atoms with van der Waals surface area (Å²) in [6, 6.07) is -0.900. The Bertz CT molecular complexity index is 580. The summed E-state index contributed by atoms with van der Waals surface area (Å²) in [6.45, 7) is 4.23. The molecular formula is C18H27NO5S. The lowest BCUT2D eigenvalue weighted by molar-refractivity contribution is -0.144. The van der Waals surface area contributed by atoms with Gasteiger partial charge in [0.05, 0.1) is 11.5 Å². The molecule has 3 aliphatic rings. The molecule has 140 valence electrons. The minimum Gasteiger partial charge on any atom is -0.480 e. The first kappa shape index (κ1) is 18.7. The summed E-state index contributed by atoms with van der Waals surface area (Å²) in [6.07, 6.45) is 5.88. The summed E-state index contributed by atoms with van der Waals surface area (Å²) in [5, 5.41) is 8.88. The van der Waals surface area contributed by atoms with Crippen LogP contribution in [0.4, 0.5) is 0 Å². The lowest BCUT2D eigenvalue weighted by Crippen LogP contribution is -2.33. The molecule has 25 heavy (non-hydrogen) atoms. The van der Waals surface area contributed by atoms with Gasteiger partial charge in [-0.2, -0.15) is 11.8 Å². The highest BCUT2D eigenvalue weighted by molar-refractivity contribution is 7.99. The Kier molecular flexibility index (Phi) is 5.46. The van der Waals surface area contributed by atoms with E-state index in [0.717, 1.165) is 25.7 Å². The molecule has 0 saturated carbocycles. The van der Waals surface area contributed by atoms with Gasteiger partial charge in [0.2, 0.25) is 0 Å². The highest BCUT2D eigenvalue weighted by Gasteiger charge is 2.62. The Hall–Kier alpha value is -1.05. The van der Waals surface area contributed by atoms with Crippen LogP contribution < -0.4 is 5.73 Å². The number of epoxide rings is 1. The molecule has 0 bridgehead atoms. The number of carboxylic acids is 1. The van der Waals surface area contributed by atoms with Crippen LogP contribution >= 0.6 is 11.8 Å². The van der Waals surface area contributed by atoms with E-state index in [-0.39, 0.29) is 35.6 Å². The van der Waals surface area contributed by atoms with Gasteiger partial charge in [-0.15, -0.1) is 0 Å². The molecule has 0 radical (unpaired) electrons. The smallest absolute Gasteiger partial charge is 0.321 e. The Labute approximate surface area is 152 Å². The van der Waals surface area contributed by atoms with Crippen molar-refractivity contribution in [1.29, 1.82) is 0 Å². The van der Waals surface area contributed by atoms with E-state index < -0.39 is 12.0 Å². The highest BCUT2D eigenvalue weighted by Crippen LogP contribution is 2.50. The zero-order valence-corrected chi connectivity index (χ0v) is 15.6. The monoisotopic (exact) mass is 369 g/mol. The lowest BCUT2D eigenvalue weighted by Gasteiger charge is -2.22. The van der Waals surface area contributed by atoms with Crippen molar-refractivity contribution < 1.29 is 24.2 Å². The third-order valence-corrected chi connectivity index (χ3v) is 6.84. The van der Waals surface area contributed by atoms with E-state index in [2.05, 4.69) is 19.9 Å². The number of hydrogen-bond acceptors (Lipinski definition) is 6. The summed E-state index contributed by atoms with van der Waals surface area (Å²) in [7, 11) is 0. The normalized spacial score (nSPS) is 40.9. The van der Waals surface area contributed by atoms with Crippen LogP contribution in [-0.2, 0) is 19.1 Å². The quantitative estimate of drug-likeness (QED) is 0.434. The van der Waals surface area contributed by atoms with Gasteiger partial charge in [0.15, 0.2) is 0 Å². The molecule has 0 spiro atoms. The number of aliphatic carboxylic acids is 1. The summed E-state index contributed by atoms with van der Waals surface area (Å²) < 4.78 is 11.7. The van der Waals surface area contributed by atoms with Crippen LogP contribution in [0.15, 0.2) is 11.6 Å². The number of carboxylic acid groups (broad SMARTS) is 1. The average Bonchev–Trinajstić information content (AvgIpc) is 3.11. The molecule has 0 aromatic carbocycles. The minimum absolute atomic E-state index is 0.00969. The third-order valence-electron chi connectivity index (χ3n) is 5.65. The van der Waals surface area contributed by atoms with Crippen LogP contribution in [0.3, 0.4) is 0 Å². The Morgan fingerprint density at radius 3 is 3.04 bits per heavy atom. The van der Waals surface area contributed by atoms with E-state index in [9.17, 15) is 9.59 Å². The van der Waals surface area contributed by atoms with Crippen molar-refractivity contribution >= 4 is 23.7 Å². The molecule has 0 amide bonds. The minimum atomic E-state index is -1.01. The molecule has 2 heterocycles. The first-order valence-electron chi connectivity index (χ1n) is 8.92. The van der Waals surface area contributed by atoms with Gasteiger partial charge >= 0.3 is 11.9 Å². The fraction of sp³-hybridized carbons (Fsp3) is 0.778. The maximum atomic E-state index is 12.4. The number of hydrogen-bond donors (Lipinski definition) is 2. The Morgan fingerprint density at radius 2 is 2.32 bits per heavy atom. The average molecular weight is 369 g/mol. The number of ether oxygens (including phenoxy) is 2. The van der Waals surface area contributed by atoms with Crippen molar-refractivity contribution in [2.75, 3.05) is 11.5 Å². The van der Waals surface area contributed by atoms with E-state index in [1.807, 2.05) is 0 Å². The van der Waals surface area contributed by atoms with E-state index in [1.165, 1.54) is 17.3 Å². The Morgan fingerprint density at radius 1 is 1.56 bits per heavy atom. The van der Waals surface area contributed by atoms with Gasteiger partial charge in [-0.3, -0.25) is 9.59 Å². The van der Waals surface area contributed by atoms with Crippen LogP contribution in [0.5, 0.6) is 0 Å². The Balaban J connectivity index is 1.68. The number of fused-ring (bicyclic) bond motifs is 3. The molecule has 0 aromatic rings. The maximum absolute atomic E-state index is 12.4. The van der Waals surface area contributed by atoms with Crippen molar-refractivity contribution in [3.05, 3.63) is 11.6 Å². The van der Waals surface area contributed by atoms with Crippen molar-refractivity contribution in [2.24, 2.45) is 17.6 Å². The third kappa shape index (κ3) is 4.04. The number of carbonyl (C=O) groups is 2. The predicted molar refractivity (Wildman–Crippen MR) is 95.3 cm³/mol. The topological polar surface area (TPSA) is 102 Å². The summed E-state index contributed by atoms with van der Waals surface area (Å²) >= 11 is 1.42. The summed E-state index contributed by atoms with van der Waals surface area (Å²) in [5.41, 5.74) is 6.71. The predicted octanol–water partition coefficient (Wildman–Crippen LogP) is 1.97. The van der Waals surface area contributed by atoms with Gasteiger partial charge < -0.3 is 20.3 Å². The molecule has 0 unspecified atom stereocenters. The van der Waals surface area contributed by atoms with Gasteiger partial charge in [0.25, 0.3) is 0 Å². The van der Waals surface area contributed by atoms with Gasteiger partial charge in [-0.05, 0) is 39.5 Å². The van der Waals surface area contributed by atoms with Gasteiger partial charge in [0.1, 0.15) is 18.2 Å². The molecule has 3 N–H and O–H groups in total. The van der Waals surface area contributed by atoms with Crippen molar-refractivity contribution in [3.63, 3.8) is 0 Å². The largest absolute Gasteiger partial charge is 0.480 e. The number of carbonyl (C=O) groups excluding carboxylic acids is 1. The number of thioether (sulfide) groups is 1. The number of esters is 1. The van der Waals surface area contributed by atoms with Crippen molar-refractivity contribution in [2.45, 2.75) is 63.4 Å². The SMILES string of the molecule is C/C1=C\CC[C@@]2(C)O[C@@H]2[C@H]2OC(=O)[C@@H](CSC[C@H](N)C(=O)O)[C@@H]2CC1. The molecular weight excluding hydrogens is 342 g/mol. The standard InChI is InChI=1S/C18H27NO5S/c1-10-4-3-7-18(2)15(24-18)14-11(6-5-10)12(17(22)23-14)8-25-9-13(19)16(20)21/h4,11-15H,3,5-9,19H2,1-2H3,(H,20,21)/b10-4+/t11-,12-,13-,14-,15+,18+/m0/s1. The number of allylic oxidation sites excluding steroid dienone is 2. The summed E-state index contributed by atoms with van der Waals surface area (Å²) in [4.78, 5) is 23.3. The highest BCUT2D eigenvalue weighted by atomic mass is 32.2. The van der Waals surface area contributed by atoms with Gasteiger partial charge in [0, 0.05) is 17.4 Å². The zero-order valence-electron chi connectivity index (χ0n) is 14.8. The molecule has 2 aliphatic heterocycles. The molecule has 7 heteroatoms. The number of rotatable bonds is 5. The molecule has 6 nitrogen and oxygen atoms in total. The number of nitrogens with two attached hydrogens (primary N) is 1. The fourth-order valence-corrected chi connectivity index (χ4v) is 5.09. The van der Waals surface area contributed by atoms with Crippen molar-refractivity contribution in [1.82, 2.24) is 0 Å². The van der Waals surface area contributed by atoms with Crippen LogP contribution in [0, 0.1) is 11.8 Å².